The number of morpholine rings is 1. The highest BCUT2D eigenvalue weighted by molar-refractivity contribution is 14.0. The van der Waals surface area contributed by atoms with Crippen LogP contribution < -0.4 is 15.4 Å². The maximum Gasteiger partial charge on any atom is 0.573 e. The van der Waals surface area contributed by atoms with Gasteiger partial charge in [0.05, 0.1) is 19.8 Å². The third-order valence-corrected chi connectivity index (χ3v) is 4.50. The van der Waals surface area contributed by atoms with Crippen molar-refractivity contribution < 1.29 is 22.6 Å². The van der Waals surface area contributed by atoms with Crippen molar-refractivity contribution in [2.45, 2.75) is 45.8 Å². The lowest BCUT2D eigenvalue weighted by atomic mass is 10.2. The van der Waals surface area contributed by atoms with Crippen LogP contribution in [-0.2, 0) is 11.3 Å². The summed E-state index contributed by atoms with van der Waals surface area (Å²) >= 11 is 0. The summed E-state index contributed by atoms with van der Waals surface area (Å²) in [6.07, 6.45) is -4.73. The minimum Gasteiger partial charge on any atom is -0.405 e. The van der Waals surface area contributed by atoms with Gasteiger partial charge >= 0.3 is 6.36 Å². The molecule has 0 aliphatic carbocycles. The van der Waals surface area contributed by atoms with Gasteiger partial charge in [-0.15, -0.1) is 37.1 Å². The zero-order valence-electron chi connectivity index (χ0n) is 17.0. The number of hydrogen-bond acceptors (Lipinski definition) is 4. The van der Waals surface area contributed by atoms with Crippen LogP contribution in [0.2, 0.25) is 0 Å². The van der Waals surface area contributed by atoms with Gasteiger partial charge in [0.15, 0.2) is 5.96 Å². The van der Waals surface area contributed by atoms with Crippen LogP contribution in [0.1, 0.15) is 26.3 Å². The number of benzene rings is 1. The first-order valence-corrected chi connectivity index (χ1v) is 9.49. The van der Waals surface area contributed by atoms with Crippen molar-refractivity contribution in [2.75, 3.05) is 32.8 Å². The number of para-hydroxylation sites is 1. The van der Waals surface area contributed by atoms with Crippen molar-refractivity contribution in [2.24, 2.45) is 4.99 Å². The highest BCUT2D eigenvalue weighted by atomic mass is 127. The van der Waals surface area contributed by atoms with Crippen LogP contribution in [0.15, 0.2) is 29.3 Å². The number of alkyl halides is 3. The van der Waals surface area contributed by atoms with E-state index in [2.05, 4.69) is 39.1 Å². The van der Waals surface area contributed by atoms with Gasteiger partial charge < -0.3 is 20.1 Å². The molecule has 1 aliphatic heterocycles. The first-order valence-electron chi connectivity index (χ1n) is 9.49. The van der Waals surface area contributed by atoms with Gasteiger partial charge in [-0.2, -0.15) is 0 Å². The number of nitrogens with zero attached hydrogens (tertiary/aromatic N) is 2. The largest absolute Gasteiger partial charge is 0.573 e. The van der Waals surface area contributed by atoms with Crippen molar-refractivity contribution in [1.82, 2.24) is 15.5 Å². The van der Waals surface area contributed by atoms with Crippen molar-refractivity contribution >= 4 is 29.9 Å². The summed E-state index contributed by atoms with van der Waals surface area (Å²) in [7, 11) is 0. The molecule has 2 atom stereocenters. The van der Waals surface area contributed by atoms with Crippen LogP contribution in [0.3, 0.4) is 0 Å². The average Bonchev–Trinajstić information content (AvgIpc) is 2.64. The van der Waals surface area contributed by atoms with Gasteiger partial charge in [0, 0.05) is 37.3 Å². The minimum atomic E-state index is -4.73. The van der Waals surface area contributed by atoms with Gasteiger partial charge in [0.2, 0.25) is 0 Å². The third kappa shape index (κ3) is 8.95. The molecule has 0 bridgehead atoms. The topological polar surface area (TPSA) is 58.1 Å². The zero-order chi connectivity index (χ0) is 20.6. The molecule has 1 fully saturated rings. The van der Waals surface area contributed by atoms with Gasteiger partial charge in [-0.25, -0.2) is 4.99 Å². The smallest absolute Gasteiger partial charge is 0.405 e. The summed E-state index contributed by atoms with van der Waals surface area (Å²) in [5.74, 6) is 0.321. The van der Waals surface area contributed by atoms with E-state index in [0.29, 0.717) is 37.3 Å². The Bertz CT molecular complexity index is 646. The molecular formula is C19H30F3IN4O2. The predicted octanol–water partition coefficient (Wildman–Crippen LogP) is 3.37. The van der Waals surface area contributed by atoms with Crippen LogP contribution >= 0.6 is 24.0 Å². The molecule has 0 aromatic heterocycles. The number of guanidine groups is 1. The first-order chi connectivity index (χ1) is 13.3. The Labute approximate surface area is 187 Å². The average molecular weight is 530 g/mol. The number of ether oxygens (including phenoxy) is 2. The van der Waals surface area contributed by atoms with Crippen LogP contribution in [0.25, 0.3) is 0 Å². The molecule has 10 heteroatoms. The summed E-state index contributed by atoms with van der Waals surface area (Å²) in [6.45, 7) is 9.89. The van der Waals surface area contributed by atoms with Crippen molar-refractivity contribution in [3.63, 3.8) is 0 Å². The first kappa shape index (κ1) is 25.8. The minimum absolute atomic E-state index is 0. The van der Waals surface area contributed by atoms with Crippen molar-refractivity contribution in [1.29, 1.82) is 0 Å². The number of aliphatic imine (C=N–C) groups is 1. The monoisotopic (exact) mass is 530 g/mol. The lowest BCUT2D eigenvalue weighted by Crippen LogP contribution is -2.53. The summed E-state index contributed by atoms with van der Waals surface area (Å²) < 4.78 is 47.2. The van der Waals surface area contributed by atoms with E-state index in [1.54, 1.807) is 12.1 Å². The Morgan fingerprint density at radius 3 is 2.72 bits per heavy atom. The van der Waals surface area contributed by atoms with E-state index in [4.69, 9.17) is 4.74 Å². The maximum absolute atomic E-state index is 12.6. The predicted molar refractivity (Wildman–Crippen MR) is 118 cm³/mol. The summed E-state index contributed by atoms with van der Waals surface area (Å²) in [6, 6.07) is 6.64. The van der Waals surface area contributed by atoms with E-state index in [9.17, 15) is 13.2 Å². The molecule has 0 radical (unpaired) electrons. The molecule has 6 nitrogen and oxygen atoms in total. The van der Waals surface area contributed by atoms with Crippen molar-refractivity contribution in [3.8, 4) is 5.75 Å². The van der Waals surface area contributed by atoms with Crippen LogP contribution in [0, 0.1) is 0 Å². The highest BCUT2D eigenvalue weighted by Gasteiger charge is 2.32. The molecule has 1 heterocycles. The van der Waals surface area contributed by atoms with Crippen LogP contribution in [0.5, 0.6) is 5.75 Å². The molecule has 2 rings (SSSR count). The number of nitrogens with one attached hydrogen (secondary N) is 2. The quantitative estimate of drug-likeness (QED) is 0.322. The number of halogens is 4. The molecule has 29 heavy (non-hydrogen) atoms. The molecule has 0 saturated carbocycles. The SMILES string of the molecule is CCNC(=NCc1ccccc1OC(F)(F)F)NCC(C)N1CCOCC1C.I. The van der Waals surface area contributed by atoms with E-state index in [1.807, 2.05) is 6.92 Å². The molecule has 2 unspecified atom stereocenters. The Morgan fingerprint density at radius 2 is 2.07 bits per heavy atom. The fourth-order valence-electron chi connectivity index (χ4n) is 3.12. The second-order valence-corrected chi connectivity index (χ2v) is 6.74. The Balaban J connectivity index is 0.00000420. The fourth-order valence-corrected chi connectivity index (χ4v) is 3.12. The van der Waals surface area contributed by atoms with E-state index < -0.39 is 6.36 Å². The van der Waals surface area contributed by atoms with Gasteiger partial charge in [-0.05, 0) is 26.8 Å². The molecule has 2 N–H and O–H groups in total. The van der Waals surface area contributed by atoms with E-state index >= 15 is 0 Å². The van der Waals surface area contributed by atoms with Gasteiger partial charge in [-0.3, -0.25) is 4.90 Å². The lowest BCUT2D eigenvalue weighted by Gasteiger charge is -2.38. The van der Waals surface area contributed by atoms with Crippen LogP contribution in [0.4, 0.5) is 13.2 Å². The van der Waals surface area contributed by atoms with Crippen LogP contribution in [-0.4, -0.2) is 62.2 Å². The van der Waals surface area contributed by atoms with Crippen molar-refractivity contribution in [3.05, 3.63) is 29.8 Å². The standard InChI is InChI=1S/C19H29F3N4O2.HI/c1-4-23-18(24-11-14(2)26-9-10-27-13-15(26)3)25-12-16-7-5-6-8-17(16)28-19(20,21)22;/h5-8,14-15H,4,9-13H2,1-3H3,(H2,23,24,25);1H. The molecule has 1 aromatic carbocycles. The molecule has 0 amide bonds. The summed E-state index contributed by atoms with van der Waals surface area (Å²) in [4.78, 5) is 6.78. The summed E-state index contributed by atoms with van der Waals surface area (Å²) in [5, 5.41) is 6.39. The van der Waals surface area contributed by atoms with E-state index in [1.165, 1.54) is 12.1 Å². The Hall–Kier alpha value is -1.27. The van der Waals surface area contributed by atoms with Gasteiger partial charge in [-0.1, -0.05) is 18.2 Å². The second kappa shape index (κ2) is 12.4. The molecule has 1 saturated heterocycles. The second-order valence-electron chi connectivity index (χ2n) is 6.74. The fraction of sp³-hybridized carbons (Fsp3) is 0.632. The number of hydrogen-bond donors (Lipinski definition) is 2. The number of rotatable bonds is 7. The van der Waals surface area contributed by atoms with E-state index in [-0.39, 0.29) is 42.3 Å². The lowest BCUT2D eigenvalue weighted by molar-refractivity contribution is -0.274. The molecule has 166 valence electrons. The van der Waals surface area contributed by atoms with Gasteiger partial charge in [0.25, 0.3) is 0 Å². The normalized spacial score (nSPS) is 19.2. The molecule has 1 aliphatic rings. The highest BCUT2D eigenvalue weighted by Crippen LogP contribution is 2.26. The molecule has 0 spiro atoms. The zero-order valence-corrected chi connectivity index (χ0v) is 19.3. The van der Waals surface area contributed by atoms with Gasteiger partial charge in [0.1, 0.15) is 5.75 Å². The third-order valence-electron chi connectivity index (χ3n) is 4.50. The maximum atomic E-state index is 12.6. The Kier molecular flexibility index (Phi) is 11.0. The molecule has 1 aromatic rings. The Morgan fingerprint density at radius 1 is 1.34 bits per heavy atom. The van der Waals surface area contributed by atoms with E-state index in [0.717, 1.165) is 13.2 Å². The molecular weight excluding hydrogens is 500 g/mol. The summed E-state index contributed by atoms with van der Waals surface area (Å²) in [5.41, 5.74) is 0.367.